The smallest absolute Gasteiger partial charge is 0.305 e. The van der Waals surface area contributed by atoms with E-state index in [1.807, 2.05) is 6.92 Å². The van der Waals surface area contributed by atoms with E-state index < -0.39 is 0 Å². The Balaban J connectivity index is 0. The number of ether oxygens (including phenoxy) is 1. The first-order valence-electron chi connectivity index (χ1n) is 3.96. The summed E-state index contributed by atoms with van der Waals surface area (Å²) in [6.45, 7) is 4.45. The molecular weight excluding hydrogens is 135 g/mol. The van der Waals surface area contributed by atoms with Crippen LogP contribution in [0.5, 0.6) is 0 Å². The maximum absolute atomic E-state index is 10.7. The molecule has 0 rings (SSSR count). The summed E-state index contributed by atoms with van der Waals surface area (Å²) in [4.78, 5) is 10.7. The van der Waals surface area contributed by atoms with Crippen molar-refractivity contribution in [3.8, 4) is 0 Å². The molecule has 3 heteroatoms. The van der Waals surface area contributed by atoms with Crippen molar-refractivity contribution in [2.45, 2.75) is 39.5 Å². The Morgan fingerprint density at radius 3 is 2.36 bits per heavy atom. The number of esters is 1. The van der Waals surface area contributed by atoms with Gasteiger partial charge in [0.2, 0.25) is 0 Å². The van der Waals surface area contributed by atoms with Crippen LogP contribution in [0.2, 0.25) is 0 Å². The Kier molecular flexibility index (Phi) is 12.5. The van der Waals surface area contributed by atoms with E-state index in [4.69, 9.17) is 4.74 Å². The first-order chi connectivity index (χ1) is 4.81. The van der Waals surface area contributed by atoms with Crippen molar-refractivity contribution in [1.82, 2.24) is 0 Å². The molecule has 0 aliphatic carbocycles. The fraction of sp³-hybridized carbons (Fsp3) is 0.875. The van der Waals surface area contributed by atoms with Gasteiger partial charge in [-0.2, -0.15) is 0 Å². The van der Waals surface area contributed by atoms with Crippen LogP contribution in [0.4, 0.5) is 0 Å². The SMILES string of the molecule is CCCCCC(=O)OCC.[Li]. The van der Waals surface area contributed by atoms with Crippen LogP contribution in [0.1, 0.15) is 39.5 Å². The van der Waals surface area contributed by atoms with Crippen molar-refractivity contribution < 1.29 is 9.53 Å². The third-order valence-electron chi connectivity index (χ3n) is 1.29. The van der Waals surface area contributed by atoms with Crippen molar-refractivity contribution in [2.75, 3.05) is 6.61 Å². The van der Waals surface area contributed by atoms with E-state index in [-0.39, 0.29) is 24.8 Å². The molecule has 0 saturated carbocycles. The summed E-state index contributed by atoms with van der Waals surface area (Å²) in [6.07, 6.45) is 3.83. The molecule has 0 fully saturated rings. The minimum absolute atomic E-state index is 0. The van der Waals surface area contributed by atoms with Gasteiger partial charge in [0, 0.05) is 25.3 Å². The molecule has 0 spiro atoms. The van der Waals surface area contributed by atoms with Gasteiger partial charge in [-0.1, -0.05) is 19.8 Å². The van der Waals surface area contributed by atoms with E-state index in [0.717, 1.165) is 19.3 Å². The van der Waals surface area contributed by atoms with E-state index in [0.29, 0.717) is 13.0 Å². The Hall–Kier alpha value is 0.0674. The van der Waals surface area contributed by atoms with Gasteiger partial charge in [0.25, 0.3) is 0 Å². The topological polar surface area (TPSA) is 26.3 Å². The molecule has 0 aromatic carbocycles. The molecule has 0 aromatic heterocycles. The maximum Gasteiger partial charge on any atom is 0.305 e. The molecule has 0 aliphatic rings. The molecule has 0 amide bonds. The second kappa shape index (κ2) is 10.1. The zero-order valence-corrected chi connectivity index (χ0v) is 7.85. The largest absolute Gasteiger partial charge is 0.466 e. The van der Waals surface area contributed by atoms with Crippen LogP contribution in [0.15, 0.2) is 0 Å². The second-order valence-electron chi connectivity index (χ2n) is 2.26. The molecular formula is C8H16LiO2. The van der Waals surface area contributed by atoms with Gasteiger partial charge in [-0.25, -0.2) is 0 Å². The predicted octanol–water partition coefficient (Wildman–Crippen LogP) is 1.75. The predicted molar refractivity (Wildman–Crippen MR) is 46.5 cm³/mol. The summed E-state index contributed by atoms with van der Waals surface area (Å²) in [5.74, 6) is -0.0593. The third-order valence-corrected chi connectivity index (χ3v) is 1.29. The summed E-state index contributed by atoms with van der Waals surface area (Å²) in [5.41, 5.74) is 0. The molecule has 0 aliphatic heterocycles. The second-order valence-corrected chi connectivity index (χ2v) is 2.26. The molecule has 0 atom stereocenters. The number of carbonyl (C=O) groups is 1. The summed E-state index contributed by atoms with van der Waals surface area (Å²) >= 11 is 0. The molecule has 0 saturated heterocycles. The van der Waals surface area contributed by atoms with Gasteiger partial charge in [-0.3, -0.25) is 4.79 Å². The van der Waals surface area contributed by atoms with Gasteiger partial charge in [0.05, 0.1) is 6.61 Å². The Labute approximate surface area is 80.9 Å². The van der Waals surface area contributed by atoms with Crippen molar-refractivity contribution in [1.29, 1.82) is 0 Å². The van der Waals surface area contributed by atoms with Crippen LogP contribution in [0.3, 0.4) is 0 Å². The van der Waals surface area contributed by atoms with Gasteiger partial charge >= 0.3 is 5.97 Å². The monoisotopic (exact) mass is 151 g/mol. The molecule has 0 aromatic rings. The number of hydrogen-bond acceptors (Lipinski definition) is 2. The zero-order valence-electron chi connectivity index (χ0n) is 7.85. The summed E-state index contributed by atoms with van der Waals surface area (Å²) in [5, 5.41) is 0. The number of rotatable bonds is 5. The van der Waals surface area contributed by atoms with Crippen molar-refractivity contribution in [2.24, 2.45) is 0 Å². The Morgan fingerprint density at radius 2 is 1.91 bits per heavy atom. The van der Waals surface area contributed by atoms with Crippen LogP contribution in [0.25, 0.3) is 0 Å². The average Bonchev–Trinajstić information content (AvgIpc) is 1.89. The molecule has 2 nitrogen and oxygen atoms in total. The molecule has 0 unspecified atom stereocenters. The molecule has 0 heterocycles. The molecule has 61 valence electrons. The fourth-order valence-electron chi connectivity index (χ4n) is 0.752. The van der Waals surface area contributed by atoms with E-state index >= 15 is 0 Å². The summed E-state index contributed by atoms with van der Waals surface area (Å²) in [7, 11) is 0. The molecule has 0 bridgehead atoms. The van der Waals surface area contributed by atoms with Crippen LogP contribution in [-0.2, 0) is 9.53 Å². The first-order valence-corrected chi connectivity index (χ1v) is 3.96. The van der Waals surface area contributed by atoms with Crippen LogP contribution >= 0.6 is 0 Å². The van der Waals surface area contributed by atoms with Crippen LogP contribution in [0, 0.1) is 0 Å². The summed E-state index contributed by atoms with van der Waals surface area (Å²) < 4.78 is 4.75. The van der Waals surface area contributed by atoms with Gasteiger partial charge in [0.15, 0.2) is 0 Å². The standard InChI is InChI=1S/C8H16O2.Li/c1-3-5-6-7-8(9)10-4-2;/h3-7H2,1-2H3;. The minimum atomic E-state index is -0.0593. The normalized spacial score (nSPS) is 8.55. The average molecular weight is 151 g/mol. The van der Waals surface area contributed by atoms with Gasteiger partial charge in [0.1, 0.15) is 0 Å². The fourth-order valence-corrected chi connectivity index (χ4v) is 0.752. The maximum atomic E-state index is 10.7. The van der Waals surface area contributed by atoms with Gasteiger partial charge in [-0.15, -0.1) is 0 Å². The zero-order chi connectivity index (χ0) is 7.82. The number of carbonyl (C=O) groups excluding carboxylic acids is 1. The van der Waals surface area contributed by atoms with E-state index in [2.05, 4.69) is 6.92 Å². The van der Waals surface area contributed by atoms with Gasteiger partial charge in [-0.05, 0) is 13.3 Å². The Bertz CT molecular complexity index is 94.1. The van der Waals surface area contributed by atoms with Crippen molar-refractivity contribution in [3.63, 3.8) is 0 Å². The van der Waals surface area contributed by atoms with Crippen LogP contribution < -0.4 is 0 Å². The van der Waals surface area contributed by atoms with Crippen molar-refractivity contribution in [3.05, 3.63) is 0 Å². The molecule has 0 N–H and O–H groups in total. The first kappa shape index (κ1) is 13.6. The van der Waals surface area contributed by atoms with E-state index in [9.17, 15) is 4.79 Å². The summed E-state index contributed by atoms with van der Waals surface area (Å²) in [6, 6.07) is 0. The van der Waals surface area contributed by atoms with Gasteiger partial charge < -0.3 is 4.74 Å². The minimum Gasteiger partial charge on any atom is -0.466 e. The van der Waals surface area contributed by atoms with E-state index in [1.165, 1.54) is 0 Å². The van der Waals surface area contributed by atoms with E-state index in [1.54, 1.807) is 0 Å². The molecule has 1 radical (unpaired) electrons. The van der Waals surface area contributed by atoms with Crippen LogP contribution in [-0.4, -0.2) is 31.4 Å². The number of hydrogen-bond donors (Lipinski definition) is 0. The molecule has 11 heavy (non-hydrogen) atoms. The Morgan fingerprint density at radius 1 is 1.27 bits per heavy atom. The third kappa shape index (κ3) is 10.1. The van der Waals surface area contributed by atoms with Crippen molar-refractivity contribution >= 4 is 24.8 Å². The quantitative estimate of drug-likeness (QED) is 0.340. The number of unbranched alkanes of at least 4 members (excludes halogenated alkanes) is 2.